The summed E-state index contributed by atoms with van der Waals surface area (Å²) in [6.45, 7) is 8.22. The fourth-order valence-corrected chi connectivity index (χ4v) is 0. The zero-order chi connectivity index (χ0) is 4.28. The highest BCUT2D eigenvalue weighted by Crippen LogP contribution is 1.72. The molecule has 0 rings (SSSR count). The lowest BCUT2D eigenvalue weighted by Gasteiger charge is -1.56. The third-order valence-corrected chi connectivity index (χ3v) is 0.246. The molecule has 0 N–H and O–H groups in total. The molecule has 5 heavy (non-hydrogen) atoms. The van der Waals surface area contributed by atoms with E-state index in [0.717, 1.165) is 0 Å². The van der Waals surface area contributed by atoms with Crippen LogP contribution in [0.3, 0.4) is 0 Å². The molecule has 0 unspecified atom stereocenters. The summed E-state index contributed by atoms with van der Waals surface area (Å²) in [5, 5.41) is 0. The van der Waals surface area contributed by atoms with Gasteiger partial charge in [0.05, 0.1) is 6.92 Å². The van der Waals surface area contributed by atoms with Crippen LogP contribution in [0.4, 0.5) is 0 Å². The van der Waals surface area contributed by atoms with Crippen LogP contribution in [-0.4, -0.2) is 6.79 Å². The normalized spacial score (nSPS) is 6.60. The summed E-state index contributed by atoms with van der Waals surface area (Å²) in [4.78, 5) is 0. The Labute approximate surface area is 31.6 Å². The second kappa shape index (κ2) is 1.70. The van der Waals surface area contributed by atoms with Crippen LogP contribution in [0.5, 0.6) is 0 Å². The molecule has 0 saturated carbocycles. The Kier molecular flexibility index (Phi) is 1.50. The van der Waals surface area contributed by atoms with Crippen LogP contribution in [0.2, 0.25) is 0 Å². The van der Waals surface area contributed by atoms with E-state index in [1.54, 1.807) is 6.92 Å². The maximum atomic E-state index is 4.31. The third kappa shape index (κ3) is 3.41. The minimum atomic E-state index is 0.644. The van der Waals surface area contributed by atoms with Crippen LogP contribution >= 0.6 is 0 Å². The lowest BCUT2D eigenvalue weighted by molar-refractivity contribution is -0.385. The zero-order valence-electron chi connectivity index (χ0n) is 3.32. The number of hydrogen-bond donors (Lipinski definition) is 0. The molecule has 0 heterocycles. The van der Waals surface area contributed by atoms with E-state index in [9.17, 15) is 0 Å². The van der Waals surface area contributed by atoms with Crippen molar-refractivity contribution in [3.8, 4) is 0 Å². The van der Waals surface area contributed by atoms with Gasteiger partial charge in [0.1, 0.15) is 0 Å². The topological polar surface area (TPSA) is 11.3 Å². The average Bonchev–Trinajstić information content (AvgIpc) is 1.38. The first-order chi connectivity index (χ1) is 2.27. The monoisotopic (exact) mass is 71.0 g/mol. The van der Waals surface area contributed by atoms with Gasteiger partial charge in [-0.25, -0.2) is 4.42 Å². The van der Waals surface area contributed by atoms with Crippen LogP contribution < -0.4 is 0 Å². The molecule has 1 nitrogen and oxygen atoms in total. The Bertz CT molecular complexity index is 54.7. The highest BCUT2D eigenvalue weighted by Gasteiger charge is 1.78. The van der Waals surface area contributed by atoms with E-state index in [1.165, 1.54) is 0 Å². The van der Waals surface area contributed by atoms with E-state index in [0.29, 0.717) is 5.76 Å². The minimum Gasteiger partial charge on any atom is -0.230 e. The number of carbonyl (C=O) groups excluding carboxylic acids is 1. The molecule has 0 saturated heterocycles. The van der Waals surface area contributed by atoms with E-state index in [4.69, 9.17) is 0 Å². The first-order valence-corrected chi connectivity index (χ1v) is 1.35. The van der Waals surface area contributed by atoms with E-state index in [-0.39, 0.29) is 0 Å². The van der Waals surface area contributed by atoms with Crippen molar-refractivity contribution in [3.05, 3.63) is 12.3 Å². The second-order valence-electron chi connectivity index (χ2n) is 0.846. The predicted octanol–water partition coefficient (Wildman–Crippen LogP) is 0.884. The highest BCUT2D eigenvalue weighted by molar-refractivity contribution is 5.13. The van der Waals surface area contributed by atoms with Crippen molar-refractivity contribution in [3.63, 3.8) is 0 Å². The zero-order valence-corrected chi connectivity index (χ0v) is 3.32. The van der Waals surface area contributed by atoms with Gasteiger partial charge >= 0.3 is 5.76 Å². The van der Waals surface area contributed by atoms with Gasteiger partial charge in [-0.2, -0.15) is 0 Å². The average molecular weight is 71.1 g/mol. The number of allylic oxidation sites excluding steroid dienone is 1. The number of rotatable bonds is 1. The molecule has 0 fully saturated rings. The van der Waals surface area contributed by atoms with E-state index >= 15 is 0 Å². The minimum absolute atomic E-state index is 0.644. The van der Waals surface area contributed by atoms with Crippen molar-refractivity contribution in [2.45, 2.75) is 6.92 Å². The quantitative estimate of drug-likeness (QED) is 0.321. The molecule has 0 aliphatic heterocycles. The van der Waals surface area contributed by atoms with Gasteiger partial charge in [0, 0.05) is 6.58 Å². The van der Waals surface area contributed by atoms with Crippen molar-refractivity contribution in [2.24, 2.45) is 0 Å². The molecule has 0 amide bonds. The Morgan fingerprint density at radius 1 is 1.80 bits per heavy atom. The van der Waals surface area contributed by atoms with Crippen molar-refractivity contribution in [2.75, 3.05) is 0 Å². The molecule has 0 spiro atoms. The van der Waals surface area contributed by atoms with Gasteiger partial charge in [-0.1, -0.05) is 0 Å². The first-order valence-electron chi connectivity index (χ1n) is 1.35. The molecule has 0 aliphatic rings. The van der Waals surface area contributed by atoms with E-state index in [2.05, 4.69) is 17.8 Å². The Morgan fingerprint density at radius 2 is 2.00 bits per heavy atom. The van der Waals surface area contributed by atoms with Gasteiger partial charge in [0.25, 0.3) is 6.79 Å². The smallest absolute Gasteiger partial charge is 0.230 e. The van der Waals surface area contributed by atoms with Crippen molar-refractivity contribution >= 4 is 6.79 Å². The first kappa shape index (κ1) is 4.41. The molecule has 0 aliphatic carbocycles. The van der Waals surface area contributed by atoms with Crippen LogP contribution in [0, 0.1) is 0 Å². The summed E-state index contributed by atoms with van der Waals surface area (Å²) in [5.74, 6) is 0.644. The summed E-state index contributed by atoms with van der Waals surface area (Å²) in [6, 6.07) is 0. The Hall–Kier alpha value is -0.590. The fraction of sp³-hybridized carbons (Fsp3) is 0.250. The third-order valence-electron chi connectivity index (χ3n) is 0.246. The summed E-state index contributed by atoms with van der Waals surface area (Å²) < 4.78 is 4.31. The van der Waals surface area contributed by atoms with Gasteiger partial charge in [0.15, 0.2) is 0 Å². The second-order valence-corrected chi connectivity index (χ2v) is 0.846. The predicted molar refractivity (Wildman–Crippen MR) is 21.9 cm³/mol. The van der Waals surface area contributed by atoms with Crippen molar-refractivity contribution in [1.29, 1.82) is 0 Å². The molecule has 0 radical (unpaired) electrons. The van der Waals surface area contributed by atoms with Gasteiger partial charge in [-0.15, -0.1) is 0 Å². The SMILES string of the molecule is C=[O+]C(=C)C. The molecule has 28 valence electrons. The molecule has 1 heteroatoms. The summed E-state index contributed by atoms with van der Waals surface area (Å²) in [5.41, 5.74) is 0. The Balaban J connectivity index is 3.20. The molecular formula is C4H7O+. The summed E-state index contributed by atoms with van der Waals surface area (Å²) in [7, 11) is 0. The van der Waals surface area contributed by atoms with Gasteiger partial charge in [-0.3, -0.25) is 0 Å². The van der Waals surface area contributed by atoms with Crippen LogP contribution in [0.15, 0.2) is 12.3 Å². The molecular weight excluding hydrogens is 64.0 g/mol. The summed E-state index contributed by atoms with van der Waals surface area (Å²) >= 11 is 0. The van der Waals surface area contributed by atoms with Crippen molar-refractivity contribution < 1.29 is 4.42 Å². The van der Waals surface area contributed by atoms with Crippen molar-refractivity contribution in [1.82, 2.24) is 0 Å². The molecule has 0 aromatic carbocycles. The summed E-state index contributed by atoms with van der Waals surface area (Å²) in [6.07, 6.45) is 0. The maximum absolute atomic E-state index is 4.31. The van der Waals surface area contributed by atoms with E-state index < -0.39 is 0 Å². The van der Waals surface area contributed by atoms with E-state index in [1.807, 2.05) is 0 Å². The highest BCUT2D eigenvalue weighted by atomic mass is 16.4. The van der Waals surface area contributed by atoms with Gasteiger partial charge in [0.2, 0.25) is 0 Å². The lowest BCUT2D eigenvalue weighted by Crippen LogP contribution is -1.61. The largest absolute Gasteiger partial charge is 0.317 e. The van der Waals surface area contributed by atoms with Crippen LogP contribution in [0.1, 0.15) is 6.92 Å². The lowest BCUT2D eigenvalue weighted by atomic mass is 10.7. The fourth-order valence-electron chi connectivity index (χ4n) is 0. The Morgan fingerprint density at radius 3 is 2.00 bits per heavy atom. The van der Waals surface area contributed by atoms with Gasteiger partial charge in [-0.05, 0) is 0 Å². The van der Waals surface area contributed by atoms with Crippen LogP contribution in [0.25, 0.3) is 0 Å². The molecule has 0 aromatic rings. The molecule has 0 aromatic heterocycles. The molecule has 0 atom stereocenters. The van der Waals surface area contributed by atoms with Crippen LogP contribution in [-0.2, 0) is 4.42 Å². The maximum Gasteiger partial charge on any atom is 0.317 e. The number of hydrogen-bond acceptors (Lipinski definition) is 0. The standard InChI is InChI=1S/C4H7O/c1-4(2)5-3/h1,3H2,2H3/q+1. The van der Waals surface area contributed by atoms with Gasteiger partial charge < -0.3 is 0 Å². The molecule has 0 bridgehead atoms.